The zero-order valence-electron chi connectivity index (χ0n) is 20.7. The van der Waals surface area contributed by atoms with Crippen LogP contribution in [0.25, 0.3) is 0 Å². The molecule has 190 valence electrons. The third kappa shape index (κ3) is 5.75. The zero-order valence-corrected chi connectivity index (χ0v) is 20.7. The molecule has 1 aliphatic rings. The van der Waals surface area contributed by atoms with Gasteiger partial charge in [-0.25, -0.2) is 0 Å². The molecular weight excluding hydrogens is 456 g/mol. The third-order valence-electron chi connectivity index (χ3n) is 6.88. The first kappa shape index (κ1) is 26.2. The van der Waals surface area contributed by atoms with E-state index in [-0.39, 0.29) is 25.6 Å². The van der Waals surface area contributed by atoms with Crippen LogP contribution in [0.2, 0.25) is 0 Å². The number of ether oxygens (including phenoxy) is 3. The molecule has 0 spiro atoms. The van der Waals surface area contributed by atoms with E-state index in [0.29, 0.717) is 6.61 Å². The summed E-state index contributed by atoms with van der Waals surface area (Å²) in [6.07, 6.45) is -3.35. The minimum atomic E-state index is -1.82. The van der Waals surface area contributed by atoms with E-state index in [0.717, 1.165) is 16.7 Å². The average molecular weight is 491 g/mol. The summed E-state index contributed by atoms with van der Waals surface area (Å²) in [5.41, 5.74) is -0.0747. The number of aliphatic hydroxyl groups excluding tert-OH is 1. The summed E-state index contributed by atoms with van der Waals surface area (Å²) >= 11 is 0. The van der Waals surface area contributed by atoms with Crippen molar-refractivity contribution in [1.82, 2.24) is 0 Å². The van der Waals surface area contributed by atoms with E-state index in [1.165, 1.54) is 0 Å². The molecule has 0 bridgehead atoms. The van der Waals surface area contributed by atoms with Crippen molar-refractivity contribution < 1.29 is 29.2 Å². The normalized spacial score (nSPS) is 21.1. The van der Waals surface area contributed by atoms with E-state index in [1.807, 2.05) is 91.0 Å². The van der Waals surface area contributed by atoms with Crippen molar-refractivity contribution in [2.24, 2.45) is 5.41 Å². The molecule has 0 unspecified atom stereocenters. The first-order valence-electron chi connectivity index (χ1n) is 12.2. The molecule has 0 amide bonds. The summed E-state index contributed by atoms with van der Waals surface area (Å²) in [5.74, 6) is -0.362. The Labute approximate surface area is 212 Å². The minimum absolute atomic E-state index is 0.0544. The average Bonchev–Trinajstić information content (AvgIpc) is 3.30. The van der Waals surface area contributed by atoms with Gasteiger partial charge in [-0.05, 0) is 30.5 Å². The molecule has 1 saturated carbocycles. The fourth-order valence-corrected chi connectivity index (χ4v) is 4.42. The molecule has 6 nitrogen and oxygen atoms in total. The number of rotatable bonds is 13. The van der Waals surface area contributed by atoms with Gasteiger partial charge in [0.2, 0.25) is 0 Å². The van der Waals surface area contributed by atoms with Gasteiger partial charge < -0.3 is 24.4 Å². The van der Waals surface area contributed by atoms with Gasteiger partial charge in [0.05, 0.1) is 31.8 Å². The van der Waals surface area contributed by atoms with Crippen molar-refractivity contribution in [3.8, 4) is 0 Å². The number of carbonyl (C=O) groups excluding carboxylic acids is 1. The van der Waals surface area contributed by atoms with E-state index in [9.17, 15) is 15.0 Å². The van der Waals surface area contributed by atoms with Gasteiger partial charge in [0.15, 0.2) is 11.4 Å². The van der Waals surface area contributed by atoms with Gasteiger partial charge in [-0.3, -0.25) is 4.79 Å². The summed E-state index contributed by atoms with van der Waals surface area (Å²) in [4.78, 5) is 12.7. The van der Waals surface area contributed by atoms with Crippen molar-refractivity contribution in [1.29, 1.82) is 0 Å². The van der Waals surface area contributed by atoms with Crippen LogP contribution in [0.3, 0.4) is 0 Å². The van der Waals surface area contributed by atoms with E-state index >= 15 is 0 Å². The van der Waals surface area contributed by atoms with Gasteiger partial charge in [0, 0.05) is 0 Å². The van der Waals surface area contributed by atoms with Gasteiger partial charge >= 0.3 is 0 Å². The van der Waals surface area contributed by atoms with E-state index in [2.05, 4.69) is 0 Å². The Morgan fingerprint density at radius 2 is 1.14 bits per heavy atom. The SMILES string of the molecule is CC1(C)C(=O)[C@]1(O)[C@@H](OCc1ccccc1)[C@H](O)[C@@H](COCc1ccccc1)OCc1ccccc1. The molecule has 36 heavy (non-hydrogen) atoms. The topological polar surface area (TPSA) is 85.2 Å². The number of Topliss-reactive ketones (excluding diaryl/α,β-unsaturated/α-hetero) is 1. The van der Waals surface area contributed by atoms with Gasteiger partial charge in [-0.1, -0.05) is 91.0 Å². The monoisotopic (exact) mass is 490 g/mol. The number of hydrogen-bond donors (Lipinski definition) is 2. The summed E-state index contributed by atoms with van der Waals surface area (Å²) in [7, 11) is 0. The zero-order chi connectivity index (χ0) is 25.6. The summed E-state index contributed by atoms with van der Waals surface area (Å²) in [6, 6.07) is 28.7. The molecule has 0 aliphatic heterocycles. The van der Waals surface area contributed by atoms with Gasteiger partial charge in [-0.2, -0.15) is 0 Å². The summed E-state index contributed by atoms with van der Waals surface area (Å²) in [5, 5.41) is 22.8. The second kappa shape index (κ2) is 11.5. The Morgan fingerprint density at radius 3 is 1.58 bits per heavy atom. The lowest BCUT2D eigenvalue weighted by atomic mass is 9.94. The van der Waals surface area contributed by atoms with E-state index in [1.54, 1.807) is 13.8 Å². The van der Waals surface area contributed by atoms with Crippen LogP contribution in [-0.2, 0) is 38.8 Å². The summed E-state index contributed by atoms with van der Waals surface area (Å²) < 4.78 is 18.1. The quantitative estimate of drug-likeness (QED) is 0.376. The number of benzene rings is 3. The maximum Gasteiger partial charge on any atom is 0.177 e. The number of aliphatic hydroxyl groups is 2. The van der Waals surface area contributed by atoms with E-state index in [4.69, 9.17) is 14.2 Å². The molecule has 3 aromatic rings. The van der Waals surface area contributed by atoms with E-state index < -0.39 is 29.3 Å². The van der Waals surface area contributed by atoms with Crippen LogP contribution in [-0.4, -0.2) is 46.5 Å². The highest BCUT2D eigenvalue weighted by molar-refractivity contribution is 6.11. The van der Waals surface area contributed by atoms with Crippen molar-refractivity contribution >= 4 is 5.78 Å². The number of ketones is 1. The lowest BCUT2D eigenvalue weighted by Gasteiger charge is -2.33. The third-order valence-corrected chi connectivity index (χ3v) is 6.88. The highest BCUT2D eigenvalue weighted by atomic mass is 16.6. The minimum Gasteiger partial charge on any atom is -0.387 e. The van der Waals surface area contributed by atoms with Crippen LogP contribution in [0.15, 0.2) is 91.0 Å². The first-order chi connectivity index (χ1) is 17.3. The summed E-state index contributed by atoms with van der Waals surface area (Å²) in [6.45, 7) is 4.07. The largest absolute Gasteiger partial charge is 0.387 e. The molecule has 6 heteroatoms. The lowest BCUT2D eigenvalue weighted by Crippen LogP contribution is -2.52. The number of hydrogen-bond acceptors (Lipinski definition) is 6. The molecule has 1 fully saturated rings. The van der Waals surface area contributed by atoms with Crippen LogP contribution in [0.4, 0.5) is 0 Å². The van der Waals surface area contributed by atoms with Crippen LogP contribution >= 0.6 is 0 Å². The molecule has 4 rings (SSSR count). The van der Waals surface area contributed by atoms with Crippen LogP contribution in [0, 0.1) is 5.41 Å². The first-order valence-corrected chi connectivity index (χ1v) is 12.2. The number of carbonyl (C=O) groups is 1. The Bertz CT molecular complexity index is 1100. The second-order valence-corrected chi connectivity index (χ2v) is 9.76. The smallest absolute Gasteiger partial charge is 0.177 e. The second-order valence-electron chi connectivity index (χ2n) is 9.76. The van der Waals surface area contributed by atoms with Gasteiger partial charge in [0.1, 0.15) is 18.3 Å². The Morgan fingerprint density at radius 1 is 0.722 bits per heavy atom. The molecule has 4 atom stereocenters. The van der Waals surface area contributed by atoms with Crippen LogP contribution < -0.4 is 0 Å². The van der Waals surface area contributed by atoms with Crippen molar-refractivity contribution in [2.75, 3.05) is 6.61 Å². The molecule has 3 aromatic carbocycles. The molecule has 0 saturated heterocycles. The standard InChI is InChI=1S/C30H34O6/c1-29(2)28(32)30(29,33)27(36-20-24-16-10-5-11-17-24)26(31)25(35-19-23-14-8-4-9-15-23)21-34-18-22-12-6-3-7-13-22/h3-17,25-27,31,33H,18-21H2,1-2H3/t25-,26-,27+,30-/m1/s1. The van der Waals surface area contributed by atoms with Crippen molar-refractivity contribution in [3.05, 3.63) is 108 Å². The molecule has 0 radical (unpaired) electrons. The van der Waals surface area contributed by atoms with Crippen molar-refractivity contribution in [2.45, 2.75) is 57.6 Å². The fraction of sp³-hybridized carbons (Fsp3) is 0.367. The maximum atomic E-state index is 12.7. The Kier molecular flexibility index (Phi) is 8.34. The predicted octanol–water partition coefficient (Wildman–Crippen LogP) is 4.07. The molecule has 2 N–H and O–H groups in total. The highest BCUT2D eigenvalue weighted by Crippen LogP contribution is 2.55. The van der Waals surface area contributed by atoms with Gasteiger partial charge in [-0.15, -0.1) is 0 Å². The lowest BCUT2D eigenvalue weighted by molar-refractivity contribution is -0.182. The molecule has 0 aromatic heterocycles. The van der Waals surface area contributed by atoms with Crippen LogP contribution in [0.5, 0.6) is 0 Å². The molecule has 1 aliphatic carbocycles. The highest BCUT2D eigenvalue weighted by Gasteiger charge is 2.76. The van der Waals surface area contributed by atoms with Crippen molar-refractivity contribution in [3.63, 3.8) is 0 Å². The fourth-order valence-electron chi connectivity index (χ4n) is 4.42. The molecular formula is C30H34O6. The maximum absolute atomic E-state index is 12.7. The Hall–Kier alpha value is -2.87. The molecule has 0 heterocycles. The predicted molar refractivity (Wildman–Crippen MR) is 136 cm³/mol. The van der Waals surface area contributed by atoms with Crippen LogP contribution in [0.1, 0.15) is 30.5 Å². The Balaban J connectivity index is 1.52. The van der Waals surface area contributed by atoms with Gasteiger partial charge in [0.25, 0.3) is 0 Å².